The maximum absolute atomic E-state index is 13.0. The van der Waals surface area contributed by atoms with Crippen LogP contribution in [0.5, 0.6) is 0 Å². The standard InChI is InChI=1S/C29H43N3O4S/c1-8-9-10-15-30-29(34)23-16-25(20(2)3)27(26(17-23)21(4)5)18-28(33)31-37(35,36)24-13-11-22(12-14-24)19-32(6)7/h11-14,16-17,20-21H,8-10,15,18-19H2,1-7H3,(H,30,34)(H,31,33). The summed E-state index contributed by atoms with van der Waals surface area (Å²) in [5, 5.41) is 2.99. The summed E-state index contributed by atoms with van der Waals surface area (Å²) in [7, 11) is -0.127. The molecule has 8 heteroatoms. The molecule has 0 bridgehead atoms. The van der Waals surface area contributed by atoms with Crippen LogP contribution >= 0.6 is 0 Å². The molecule has 0 aromatic heterocycles. The topological polar surface area (TPSA) is 95.6 Å². The van der Waals surface area contributed by atoms with E-state index in [2.05, 4.69) is 17.0 Å². The molecule has 2 aromatic carbocycles. The molecule has 0 unspecified atom stereocenters. The Hall–Kier alpha value is -2.71. The molecule has 2 N–H and O–H groups in total. The van der Waals surface area contributed by atoms with Crippen molar-refractivity contribution in [3.05, 3.63) is 64.2 Å². The van der Waals surface area contributed by atoms with Gasteiger partial charge in [-0.05, 0) is 78.9 Å². The van der Waals surface area contributed by atoms with E-state index in [9.17, 15) is 18.0 Å². The number of carbonyl (C=O) groups excluding carboxylic acids is 2. The molecule has 0 spiro atoms. The highest BCUT2D eigenvalue weighted by Gasteiger charge is 2.23. The maximum Gasteiger partial charge on any atom is 0.264 e. The summed E-state index contributed by atoms with van der Waals surface area (Å²) in [4.78, 5) is 27.9. The Morgan fingerprint density at radius 2 is 1.49 bits per heavy atom. The van der Waals surface area contributed by atoms with Gasteiger partial charge in [-0.15, -0.1) is 0 Å². The molecule has 0 radical (unpaired) electrons. The molecule has 0 aliphatic rings. The van der Waals surface area contributed by atoms with E-state index < -0.39 is 15.9 Å². The number of hydrogen-bond acceptors (Lipinski definition) is 5. The van der Waals surface area contributed by atoms with Crippen molar-refractivity contribution in [3.63, 3.8) is 0 Å². The Morgan fingerprint density at radius 3 is 1.97 bits per heavy atom. The number of benzene rings is 2. The second-order valence-corrected chi connectivity index (χ2v) is 12.2. The van der Waals surface area contributed by atoms with E-state index in [-0.39, 0.29) is 29.1 Å². The van der Waals surface area contributed by atoms with Gasteiger partial charge in [-0.1, -0.05) is 59.6 Å². The molecule has 2 rings (SSSR count). The fraction of sp³-hybridized carbons (Fsp3) is 0.517. The molecule has 0 fully saturated rings. The molecule has 7 nitrogen and oxygen atoms in total. The first-order valence-electron chi connectivity index (χ1n) is 13.1. The highest BCUT2D eigenvalue weighted by molar-refractivity contribution is 7.90. The van der Waals surface area contributed by atoms with E-state index in [4.69, 9.17) is 0 Å². The maximum atomic E-state index is 13.0. The number of carbonyl (C=O) groups is 2. The quantitative estimate of drug-likeness (QED) is 0.358. The third-order valence-electron chi connectivity index (χ3n) is 6.21. The molecule has 0 heterocycles. The lowest BCUT2D eigenvalue weighted by atomic mass is 9.85. The Labute approximate surface area is 223 Å². The zero-order valence-corrected chi connectivity index (χ0v) is 24.2. The van der Waals surface area contributed by atoms with Crippen molar-refractivity contribution in [3.8, 4) is 0 Å². The summed E-state index contributed by atoms with van der Waals surface area (Å²) >= 11 is 0. The molecule has 0 atom stereocenters. The fourth-order valence-corrected chi connectivity index (χ4v) is 5.29. The molecule has 37 heavy (non-hydrogen) atoms. The fourth-order valence-electron chi connectivity index (χ4n) is 4.31. The molecular formula is C29H43N3O4S. The van der Waals surface area contributed by atoms with E-state index in [1.54, 1.807) is 12.1 Å². The Bertz CT molecular complexity index is 1140. The van der Waals surface area contributed by atoms with Gasteiger partial charge in [0.1, 0.15) is 0 Å². The summed E-state index contributed by atoms with van der Waals surface area (Å²) in [5.74, 6) is -0.628. The van der Waals surface area contributed by atoms with Crippen LogP contribution in [-0.4, -0.2) is 45.8 Å². The monoisotopic (exact) mass is 529 g/mol. The van der Waals surface area contributed by atoms with Gasteiger partial charge in [0.05, 0.1) is 11.3 Å². The second kappa shape index (κ2) is 13.7. The minimum Gasteiger partial charge on any atom is -0.352 e. The minimum absolute atomic E-state index is 0.0478. The van der Waals surface area contributed by atoms with Crippen LogP contribution in [0.4, 0.5) is 0 Å². The van der Waals surface area contributed by atoms with Gasteiger partial charge in [-0.3, -0.25) is 9.59 Å². The summed E-state index contributed by atoms with van der Waals surface area (Å²) in [5.41, 5.74) is 4.09. The number of nitrogens with zero attached hydrogens (tertiary/aromatic N) is 1. The van der Waals surface area contributed by atoms with Crippen LogP contribution < -0.4 is 10.0 Å². The van der Waals surface area contributed by atoms with Crippen molar-refractivity contribution in [1.82, 2.24) is 14.9 Å². The molecule has 204 valence electrons. The van der Waals surface area contributed by atoms with Crippen LogP contribution in [-0.2, 0) is 27.8 Å². The number of unbranched alkanes of at least 4 members (excludes halogenated alkanes) is 2. The average Bonchev–Trinajstić information content (AvgIpc) is 2.81. The highest BCUT2D eigenvalue weighted by Crippen LogP contribution is 2.30. The SMILES string of the molecule is CCCCCNC(=O)c1cc(C(C)C)c(CC(=O)NS(=O)(=O)c2ccc(CN(C)C)cc2)c(C(C)C)c1. The van der Waals surface area contributed by atoms with Gasteiger partial charge in [0, 0.05) is 18.7 Å². The van der Waals surface area contributed by atoms with Gasteiger partial charge in [0.15, 0.2) is 0 Å². The first-order valence-corrected chi connectivity index (χ1v) is 14.6. The molecule has 0 aliphatic carbocycles. The molecule has 0 aliphatic heterocycles. The van der Waals surface area contributed by atoms with Gasteiger partial charge < -0.3 is 10.2 Å². The van der Waals surface area contributed by atoms with Crippen LogP contribution in [0, 0.1) is 0 Å². The van der Waals surface area contributed by atoms with Crippen molar-refractivity contribution in [2.24, 2.45) is 0 Å². The summed E-state index contributed by atoms with van der Waals surface area (Å²) in [6, 6.07) is 10.2. The largest absolute Gasteiger partial charge is 0.352 e. The van der Waals surface area contributed by atoms with Crippen LogP contribution in [0.1, 0.15) is 98.3 Å². The van der Waals surface area contributed by atoms with Gasteiger partial charge in [-0.2, -0.15) is 0 Å². The number of hydrogen-bond donors (Lipinski definition) is 2. The Kier molecular flexibility index (Phi) is 11.3. The normalized spacial score (nSPS) is 11.8. The third-order valence-corrected chi connectivity index (χ3v) is 7.60. The van der Waals surface area contributed by atoms with Crippen LogP contribution in [0.3, 0.4) is 0 Å². The van der Waals surface area contributed by atoms with E-state index >= 15 is 0 Å². The lowest BCUT2D eigenvalue weighted by molar-refractivity contribution is -0.118. The number of sulfonamides is 1. The van der Waals surface area contributed by atoms with Crippen molar-refractivity contribution in [2.75, 3.05) is 20.6 Å². The first kappa shape index (κ1) is 30.5. The van der Waals surface area contributed by atoms with Crippen LogP contribution in [0.2, 0.25) is 0 Å². The zero-order chi connectivity index (χ0) is 27.8. The smallest absolute Gasteiger partial charge is 0.264 e. The van der Waals surface area contributed by atoms with Gasteiger partial charge in [0.2, 0.25) is 5.91 Å². The predicted octanol–water partition coefficient (Wildman–Crippen LogP) is 4.96. The van der Waals surface area contributed by atoms with Gasteiger partial charge in [0.25, 0.3) is 15.9 Å². The molecule has 2 aromatic rings. The molecule has 0 saturated carbocycles. The number of rotatable bonds is 13. The third kappa shape index (κ3) is 8.97. The van der Waals surface area contributed by atoms with E-state index in [1.165, 1.54) is 12.1 Å². The molecule has 2 amide bonds. The van der Waals surface area contributed by atoms with E-state index in [1.807, 2.05) is 58.8 Å². The van der Waals surface area contributed by atoms with E-state index in [0.717, 1.165) is 41.5 Å². The van der Waals surface area contributed by atoms with Crippen LogP contribution in [0.25, 0.3) is 0 Å². The van der Waals surface area contributed by atoms with Crippen molar-refractivity contribution in [2.45, 2.75) is 83.6 Å². The lowest BCUT2D eigenvalue weighted by Gasteiger charge is -2.21. The molecular weight excluding hydrogens is 486 g/mol. The summed E-state index contributed by atoms with van der Waals surface area (Å²) < 4.78 is 28.0. The van der Waals surface area contributed by atoms with Gasteiger partial charge >= 0.3 is 0 Å². The predicted molar refractivity (Wildman–Crippen MR) is 149 cm³/mol. The Balaban J connectivity index is 2.29. The zero-order valence-electron chi connectivity index (χ0n) is 23.3. The minimum atomic E-state index is -4.01. The highest BCUT2D eigenvalue weighted by atomic mass is 32.2. The first-order chi connectivity index (χ1) is 17.4. The summed E-state index contributed by atoms with van der Waals surface area (Å²) in [6.07, 6.45) is 2.99. The summed E-state index contributed by atoms with van der Waals surface area (Å²) in [6.45, 7) is 11.5. The van der Waals surface area contributed by atoms with Crippen LogP contribution in [0.15, 0.2) is 41.3 Å². The second-order valence-electron chi connectivity index (χ2n) is 10.5. The lowest BCUT2D eigenvalue weighted by Crippen LogP contribution is -2.32. The van der Waals surface area contributed by atoms with Gasteiger partial charge in [-0.25, -0.2) is 13.1 Å². The Morgan fingerprint density at radius 1 is 0.919 bits per heavy atom. The van der Waals surface area contributed by atoms with Crippen molar-refractivity contribution < 1.29 is 18.0 Å². The van der Waals surface area contributed by atoms with E-state index in [0.29, 0.717) is 18.7 Å². The van der Waals surface area contributed by atoms with Crippen molar-refractivity contribution >= 4 is 21.8 Å². The van der Waals surface area contributed by atoms with Crippen molar-refractivity contribution in [1.29, 1.82) is 0 Å². The average molecular weight is 530 g/mol. The number of nitrogens with one attached hydrogen (secondary N) is 2. The molecule has 0 saturated heterocycles. The number of amides is 2.